The van der Waals surface area contributed by atoms with Gasteiger partial charge in [0.2, 0.25) is 0 Å². The molecule has 1 aromatic heterocycles. The molecule has 2 heterocycles. The Bertz CT molecular complexity index is 1290. The van der Waals surface area contributed by atoms with Crippen LogP contribution in [0, 0.1) is 18.6 Å². The molecule has 8 heteroatoms. The van der Waals surface area contributed by atoms with Crippen molar-refractivity contribution in [2.45, 2.75) is 26.3 Å². The summed E-state index contributed by atoms with van der Waals surface area (Å²) in [6.07, 6.45) is 3.80. The van der Waals surface area contributed by atoms with Gasteiger partial charge in [0, 0.05) is 29.7 Å². The highest BCUT2D eigenvalue weighted by Crippen LogP contribution is 2.42. The number of rotatable bonds is 6. The van der Waals surface area contributed by atoms with E-state index in [4.69, 9.17) is 4.74 Å². The lowest BCUT2D eigenvalue weighted by Crippen LogP contribution is -2.29. The van der Waals surface area contributed by atoms with Crippen LogP contribution in [-0.2, 0) is 9.59 Å². The highest BCUT2D eigenvalue weighted by molar-refractivity contribution is 6.51. The van der Waals surface area contributed by atoms with E-state index in [1.807, 2.05) is 6.92 Å². The molecule has 6 nitrogen and oxygen atoms in total. The van der Waals surface area contributed by atoms with Crippen LogP contribution in [0.5, 0.6) is 5.75 Å². The number of carbonyl (C=O) groups excluding carboxylic acids is 2. The number of benzene rings is 2. The fourth-order valence-electron chi connectivity index (χ4n) is 3.91. The van der Waals surface area contributed by atoms with Gasteiger partial charge < -0.3 is 9.84 Å². The van der Waals surface area contributed by atoms with E-state index in [2.05, 4.69) is 4.98 Å². The number of hydrogen-bond donors (Lipinski definition) is 1. The molecular weight excluding hydrogens is 442 g/mol. The smallest absolute Gasteiger partial charge is 0.300 e. The minimum atomic E-state index is -1.16. The second-order valence-corrected chi connectivity index (χ2v) is 7.88. The highest BCUT2D eigenvalue weighted by atomic mass is 19.2. The molecule has 4 rings (SSSR count). The first-order valence-corrected chi connectivity index (χ1v) is 10.7. The van der Waals surface area contributed by atoms with Crippen molar-refractivity contribution in [1.82, 2.24) is 4.98 Å². The number of aryl methyl sites for hydroxylation is 1. The number of nitrogens with zero attached hydrogens (tertiary/aromatic N) is 2. The summed E-state index contributed by atoms with van der Waals surface area (Å²) >= 11 is 0. The number of amides is 1. The molecule has 1 N–H and O–H groups in total. The van der Waals surface area contributed by atoms with Crippen LogP contribution >= 0.6 is 0 Å². The first kappa shape index (κ1) is 23.1. The lowest BCUT2D eigenvalue weighted by atomic mass is 9.95. The van der Waals surface area contributed by atoms with Crippen molar-refractivity contribution >= 4 is 23.1 Å². The van der Waals surface area contributed by atoms with Crippen molar-refractivity contribution in [1.29, 1.82) is 0 Å². The van der Waals surface area contributed by atoms with Crippen molar-refractivity contribution in [3.63, 3.8) is 0 Å². The molecule has 0 bridgehead atoms. The summed E-state index contributed by atoms with van der Waals surface area (Å²) < 4.78 is 33.2. The predicted molar refractivity (Wildman–Crippen MR) is 122 cm³/mol. The maximum atomic E-state index is 14.0. The molecule has 1 atom stereocenters. The monoisotopic (exact) mass is 464 g/mol. The molecule has 1 unspecified atom stereocenters. The minimum Gasteiger partial charge on any atom is -0.507 e. The summed E-state index contributed by atoms with van der Waals surface area (Å²) in [5.41, 5.74) is 1.29. The first-order valence-electron chi connectivity index (χ1n) is 10.7. The van der Waals surface area contributed by atoms with Crippen molar-refractivity contribution in [2.24, 2.45) is 0 Å². The topological polar surface area (TPSA) is 79.7 Å². The van der Waals surface area contributed by atoms with E-state index in [1.54, 1.807) is 37.3 Å². The summed E-state index contributed by atoms with van der Waals surface area (Å²) in [7, 11) is 0. The molecule has 3 aromatic rings. The lowest BCUT2D eigenvalue weighted by Gasteiger charge is -2.25. The Labute approximate surface area is 195 Å². The normalized spacial score (nSPS) is 17.3. The third-order valence-electron chi connectivity index (χ3n) is 5.54. The molecule has 1 saturated heterocycles. The molecule has 1 aliphatic rings. The molecule has 2 aromatic carbocycles. The maximum Gasteiger partial charge on any atom is 0.300 e. The number of pyridine rings is 1. The van der Waals surface area contributed by atoms with Crippen molar-refractivity contribution < 1.29 is 28.2 Å². The number of ether oxygens (including phenoxy) is 1. The van der Waals surface area contributed by atoms with Crippen LogP contribution in [0.1, 0.15) is 36.1 Å². The molecule has 34 heavy (non-hydrogen) atoms. The van der Waals surface area contributed by atoms with Crippen LogP contribution in [0.25, 0.3) is 5.76 Å². The minimum absolute atomic E-state index is 0.0200. The summed E-state index contributed by atoms with van der Waals surface area (Å²) in [5, 5.41) is 11.2. The number of aliphatic hydroxyl groups is 1. The van der Waals surface area contributed by atoms with Gasteiger partial charge >= 0.3 is 0 Å². The number of anilines is 1. The Morgan fingerprint density at radius 2 is 1.91 bits per heavy atom. The lowest BCUT2D eigenvalue weighted by molar-refractivity contribution is -0.132. The molecule has 1 amide bonds. The average Bonchev–Trinajstić information content (AvgIpc) is 3.10. The van der Waals surface area contributed by atoms with E-state index < -0.39 is 29.4 Å². The molecule has 0 saturated carbocycles. The fourth-order valence-corrected chi connectivity index (χ4v) is 3.91. The number of aromatic nitrogens is 1. The van der Waals surface area contributed by atoms with Crippen LogP contribution in [0.4, 0.5) is 14.5 Å². The molecule has 1 fully saturated rings. The zero-order valence-corrected chi connectivity index (χ0v) is 18.6. The van der Waals surface area contributed by atoms with E-state index in [1.165, 1.54) is 18.5 Å². The number of aliphatic hydroxyl groups excluding tert-OH is 1. The van der Waals surface area contributed by atoms with Gasteiger partial charge in [0.25, 0.3) is 11.7 Å². The van der Waals surface area contributed by atoms with Crippen LogP contribution in [0.3, 0.4) is 0 Å². The van der Waals surface area contributed by atoms with E-state index in [0.29, 0.717) is 23.5 Å². The van der Waals surface area contributed by atoms with Crippen LogP contribution in [-0.4, -0.2) is 28.4 Å². The highest BCUT2D eigenvalue weighted by Gasteiger charge is 2.47. The van der Waals surface area contributed by atoms with Crippen molar-refractivity contribution in [2.75, 3.05) is 11.5 Å². The van der Waals surface area contributed by atoms with Gasteiger partial charge in [-0.05, 0) is 60.9 Å². The molecule has 0 radical (unpaired) electrons. The van der Waals surface area contributed by atoms with E-state index in [0.717, 1.165) is 29.0 Å². The SMILES string of the molecule is CCCOc1ccc(/C(O)=C2\C(=O)C(=O)N(c3ccc(F)c(F)c3)C2c2cccnc2)cc1C. The van der Waals surface area contributed by atoms with Gasteiger partial charge in [-0.15, -0.1) is 0 Å². The second kappa shape index (κ2) is 9.43. The van der Waals surface area contributed by atoms with E-state index in [9.17, 15) is 23.5 Å². The zero-order chi connectivity index (χ0) is 24.4. The third kappa shape index (κ3) is 4.14. The Balaban J connectivity index is 1.87. The molecule has 174 valence electrons. The standard InChI is InChI=1S/C26H22F2N2O4/c1-3-11-34-21-9-6-16(12-15(21)2)24(31)22-23(17-5-4-10-29-14-17)30(26(33)25(22)32)18-7-8-19(27)20(28)13-18/h4-10,12-14,23,31H,3,11H2,1-2H3/b24-22+. The number of Topliss-reactive ketones (excluding diaryl/α,β-unsaturated/α-hetero) is 1. The van der Waals surface area contributed by atoms with Crippen LogP contribution in [0.15, 0.2) is 66.5 Å². The number of halogens is 2. The Hall–Kier alpha value is -4.07. The maximum absolute atomic E-state index is 14.0. The molecule has 1 aliphatic heterocycles. The van der Waals surface area contributed by atoms with Gasteiger partial charge in [-0.2, -0.15) is 0 Å². The second-order valence-electron chi connectivity index (χ2n) is 7.88. The Kier molecular flexibility index (Phi) is 6.40. The summed E-state index contributed by atoms with van der Waals surface area (Å²) in [4.78, 5) is 31.3. The predicted octanol–water partition coefficient (Wildman–Crippen LogP) is 5.08. The third-order valence-corrected chi connectivity index (χ3v) is 5.54. The number of hydrogen-bond acceptors (Lipinski definition) is 5. The van der Waals surface area contributed by atoms with E-state index >= 15 is 0 Å². The molecule has 0 spiro atoms. The number of carbonyl (C=O) groups is 2. The van der Waals surface area contributed by atoms with E-state index in [-0.39, 0.29) is 17.0 Å². The Morgan fingerprint density at radius 1 is 1.12 bits per heavy atom. The van der Waals surface area contributed by atoms with Gasteiger partial charge in [-0.3, -0.25) is 19.5 Å². The van der Waals surface area contributed by atoms with Crippen molar-refractivity contribution in [3.05, 3.63) is 94.8 Å². The van der Waals surface area contributed by atoms with Gasteiger partial charge in [0.05, 0.1) is 18.2 Å². The van der Waals surface area contributed by atoms with Gasteiger partial charge in [-0.25, -0.2) is 8.78 Å². The Morgan fingerprint density at radius 3 is 2.56 bits per heavy atom. The summed E-state index contributed by atoms with van der Waals surface area (Å²) in [6, 6.07) is 10.0. The first-order chi connectivity index (χ1) is 16.3. The summed E-state index contributed by atoms with van der Waals surface area (Å²) in [5.74, 6) is -3.91. The largest absolute Gasteiger partial charge is 0.507 e. The van der Waals surface area contributed by atoms with Crippen molar-refractivity contribution in [3.8, 4) is 5.75 Å². The van der Waals surface area contributed by atoms with Gasteiger partial charge in [-0.1, -0.05) is 13.0 Å². The quantitative estimate of drug-likeness (QED) is 0.313. The fraction of sp³-hybridized carbons (Fsp3) is 0.192. The molecule has 0 aliphatic carbocycles. The zero-order valence-electron chi connectivity index (χ0n) is 18.6. The number of ketones is 1. The average molecular weight is 464 g/mol. The van der Waals surface area contributed by atoms with Gasteiger partial charge in [0.1, 0.15) is 11.5 Å². The summed E-state index contributed by atoms with van der Waals surface area (Å²) in [6.45, 7) is 4.33. The van der Waals surface area contributed by atoms with Crippen LogP contribution < -0.4 is 9.64 Å². The van der Waals surface area contributed by atoms with Crippen LogP contribution in [0.2, 0.25) is 0 Å². The molecular formula is C26H22F2N2O4. The van der Waals surface area contributed by atoms with Gasteiger partial charge in [0.15, 0.2) is 11.6 Å².